The summed E-state index contributed by atoms with van der Waals surface area (Å²) in [4.78, 5) is 43.3. The number of likely N-dealkylation sites (N-methyl/N-ethyl adjacent to an activating group) is 1. The molecular formula is C50H91N5O14S. The van der Waals surface area contributed by atoms with E-state index in [1.807, 2.05) is 63.4 Å². The van der Waals surface area contributed by atoms with Crippen molar-refractivity contribution in [3.05, 3.63) is 0 Å². The Labute approximate surface area is 421 Å². The first-order valence-corrected chi connectivity index (χ1v) is 27.0. The Morgan fingerprint density at radius 3 is 2.31 bits per heavy atom. The quantitative estimate of drug-likeness (QED) is 0.0629. The molecular weight excluding hydrogens is 927 g/mol. The van der Waals surface area contributed by atoms with Gasteiger partial charge in [0.1, 0.15) is 30.0 Å². The van der Waals surface area contributed by atoms with Crippen LogP contribution in [0.1, 0.15) is 127 Å². The third-order valence-electron chi connectivity index (χ3n) is 16.1. The molecule has 0 radical (unpaired) electrons. The molecule has 5 aliphatic rings. The van der Waals surface area contributed by atoms with E-state index in [4.69, 9.17) is 28.4 Å². The molecule has 5 aliphatic heterocycles. The second-order valence-corrected chi connectivity index (χ2v) is 23.6. The molecule has 5 fully saturated rings. The SMILES string of the molecule is CC[C@H]1OC(=O)[C@H](C)[C@@H](O[C@H]2C[C@@](C)(OC)[C@@H](O)[C@H](C)O2)[C@H](C)[C@@H](O[C@@H]2O[C@H](C)C[C@H](N(C)C)[C@H]2O)[C@](C)(O)C[C@@H](C)CN(CCCNC(=O)CCCC[C@H]2SC[C@H]3NC(=O)N[C@H]32)[C@H](C)[C@@H](O)[C@]1(C)O. The fourth-order valence-corrected chi connectivity index (χ4v) is 13.3. The van der Waals surface area contributed by atoms with E-state index in [1.165, 1.54) is 14.0 Å². The van der Waals surface area contributed by atoms with Crippen LogP contribution in [0.4, 0.5) is 4.79 Å². The van der Waals surface area contributed by atoms with Crippen LogP contribution < -0.4 is 16.0 Å². The number of urea groups is 1. The number of carbonyl (C=O) groups is 3. The van der Waals surface area contributed by atoms with Gasteiger partial charge in [-0.05, 0) is 107 Å². The standard InChI is InChI=1S/C50H91N5O14S/c1-14-36-50(10,63)42(58)31(6)55(21-17-20-51-37(56)19-16-15-18-35-39-33(26-70-35)52-47(61)53-39)25-27(2)23-48(8,62)44(69-46-40(57)34(54(11)12)22-28(3)65-46)29(4)41(30(5)45(60)67-36)68-38-24-49(9,64-13)43(59)32(7)66-38/h27-36,38-44,46,57-59,62-63H,14-26H2,1-13H3,(H,51,56)(H2,52,53,61)/t27-,28-,29+,30-,31-,32+,33-,34+,35-,36-,38+,39-,40-,41+,42-,43+,44-,46+,48-,49-,50-/m1/s1. The molecule has 0 spiro atoms. The molecule has 406 valence electrons. The summed E-state index contributed by atoms with van der Waals surface area (Å²) in [6.45, 7) is 18.7. The molecule has 0 saturated carbocycles. The third kappa shape index (κ3) is 14.3. The van der Waals surface area contributed by atoms with Crippen LogP contribution >= 0.6 is 11.8 Å². The van der Waals surface area contributed by atoms with Crippen LogP contribution in [0.25, 0.3) is 0 Å². The molecule has 21 atom stereocenters. The van der Waals surface area contributed by atoms with E-state index < -0.39 is 96.0 Å². The molecule has 0 unspecified atom stereocenters. The van der Waals surface area contributed by atoms with E-state index in [9.17, 15) is 39.9 Å². The molecule has 19 nitrogen and oxygen atoms in total. The number of ether oxygens (including phenoxy) is 6. The zero-order chi connectivity index (χ0) is 52.0. The first-order chi connectivity index (χ1) is 32.7. The maximum atomic E-state index is 14.6. The van der Waals surface area contributed by atoms with Gasteiger partial charge in [-0.25, -0.2) is 4.79 Å². The highest BCUT2D eigenvalue weighted by Crippen LogP contribution is 2.41. The number of thioether (sulfide) groups is 1. The Balaban J connectivity index is 1.39. The molecule has 20 heteroatoms. The van der Waals surface area contributed by atoms with E-state index in [2.05, 4.69) is 16.0 Å². The van der Waals surface area contributed by atoms with Gasteiger partial charge in [0.2, 0.25) is 5.91 Å². The molecule has 3 amide bonds. The minimum atomic E-state index is -1.91. The van der Waals surface area contributed by atoms with E-state index in [0.717, 1.165) is 25.0 Å². The van der Waals surface area contributed by atoms with E-state index in [1.54, 1.807) is 34.6 Å². The Kier molecular flexibility index (Phi) is 21.1. The van der Waals surface area contributed by atoms with Crippen LogP contribution in [0.5, 0.6) is 0 Å². The van der Waals surface area contributed by atoms with Gasteiger partial charge < -0.3 is 74.8 Å². The molecule has 0 aromatic rings. The van der Waals surface area contributed by atoms with Crippen molar-refractivity contribution < 1.29 is 68.3 Å². The predicted molar refractivity (Wildman–Crippen MR) is 265 cm³/mol. The van der Waals surface area contributed by atoms with Gasteiger partial charge >= 0.3 is 12.0 Å². The minimum Gasteiger partial charge on any atom is -0.459 e. The number of unbranched alkanes of at least 4 members (excludes halogenated alkanes) is 1. The Hall–Kier alpha value is -1.92. The fourth-order valence-electron chi connectivity index (χ4n) is 11.8. The number of rotatable bonds is 16. The average molecular weight is 1020 g/mol. The molecule has 8 N–H and O–H groups in total. The van der Waals surface area contributed by atoms with Crippen molar-refractivity contribution in [2.24, 2.45) is 17.8 Å². The maximum absolute atomic E-state index is 14.6. The summed E-state index contributed by atoms with van der Waals surface area (Å²) in [7, 11) is 5.26. The highest BCUT2D eigenvalue weighted by molar-refractivity contribution is 8.00. The number of esters is 1. The Bertz CT molecular complexity index is 1700. The van der Waals surface area contributed by atoms with Gasteiger partial charge in [0.15, 0.2) is 12.6 Å². The molecule has 5 heterocycles. The summed E-state index contributed by atoms with van der Waals surface area (Å²) in [6, 6.07) is -0.801. The number of methoxy groups -OCH3 is 1. The second-order valence-electron chi connectivity index (χ2n) is 22.3. The van der Waals surface area contributed by atoms with Crippen LogP contribution in [-0.2, 0) is 38.0 Å². The molecule has 5 saturated heterocycles. The largest absolute Gasteiger partial charge is 0.459 e. The summed E-state index contributed by atoms with van der Waals surface area (Å²) >= 11 is 1.86. The number of amides is 3. The average Bonchev–Trinajstić information content (AvgIpc) is 3.85. The van der Waals surface area contributed by atoms with Crippen molar-refractivity contribution in [2.75, 3.05) is 46.6 Å². The van der Waals surface area contributed by atoms with Gasteiger partial charge in [0, 0.05) is 68.6 Å². The number of nitrogens with one attached hydrogen (secondary N) is 3. The lowest BCUT2D eigenvalue weighted by Gasteiger charge is -2.48. The molecule has 0 aromatic carbocycles. The molecule has 5 rings (SSSR count). The zero-order valence-electron chi connectivity index (χ0n) is 44.3. The molecule has 0 aromatic heterocycles. The van der Waals surface area contributed by atoms with Gasteiger partial charge in [-0.2, -0.15) is 11.8 Å². The number of fused-ring (bicyclic) bond motifs is 1. The van der Waals surface area contributed by atoms with Crippen LogP contribution in [0.15, 0.2) is 0 Å². The van der Waals surface area contributed by atoms with Gasteiger partial charge in [-0.15, -0.1) is 0 Å². The van der Waals surface area contributed by atoms with Crippen molar-refractivity contribution >= 4 is 29.7 Å². The smallest absolute Gasteiger partial charge is 0.315 e. The van der Waals surface area contributed by atoms with Crippen molar-refractivity contribution in [1.82, 2.24) is 25.8 Å². The predicted octanol–water partition coefficient (Wildman–Crippen LogP) is 2.50. The molecule has 0 bridgehead atoms. The number of aliphatic hydroxyl groups is 5. The number of hydrogen-bond donors (Lipinski definition) is 8. The molecule has 70 heavy (non-hydrogen) atoms. The Morgan fingerprint density at radius 2 is 1.66 bits per heavy atom. The number of cyclic esters (lactones) is 1. The summed E-state index contributed by atoms with van der Waals surface area (Å²) < 4.78 is 38.1. The first-order valence-electron chi connectivity index (χ1n) is 26.0. The van der Waals surface area contributed by atoms with Crippen molar-refractivity contribution in [3.8, 4) is 0 Å². The van der Waals surface area contributed by atoms with Crippen molar-refractivity contribution in [3.63, 3.8) is 0 Å². The monoisotopic (exact) mass is 1020 g/mol. The van der Waals surface area contributed by atoms with E-state index in [0.29, 0.717) is 44.1 Å². The van der Waals surface area contributed by atoms with Crippen LogP contribution in [0.3, 0.4) is 0 Å². The topological polar surface area (TPSA) is 250 Å². The number of carbonyl (C=O) groups excluding carboxylic acids is 3. The van der Waals surface area contributed by atoms with Gasteiger partial charge in [0.25, 0.3) is 0 Å². The highest BCUT2D eigenvalue weighted by Gasteiger charge is 2.53. The van der Waals surface area contributed by atoms with Crippen LogP contribution in [0, 0.1) is 17.8 Å². The highest BCUT2D eigenvalue weighted by atomic mass is 32.2. The lowest BCUT2D eigenvalue weighted by atomic mass is 9.77. The van der Waals surface area contributed by atoms with E-state index in [-0.39, 0.29) is 61.3 Å². The third-order valence-corrected chi connectivity index (χ3v) is 17.6. The van der Waals surface area contributed by atoms with Gasteiger partial charge in [-0.3, -0.25) is 14.5 Å². The summed E-state index contributed by atoms with van der Waals surface area (Å²) in [5.74, 6) is -2.03. The van der Waals surface area contributed by atoms with Gasteiger partial charge in [0.05, 0.1) is 53.6 Å². The lowest BCUT2D eigenvalue weighted by molar-refractivity contribution is -0.318. The van der Waals surface area contributed by atoms with Crippen LogP contribution in [0.2, 0.25) is 0 Å². The maximum Gasteiger partial charge on any atom is 0.315 e. The van der Waals surface area contributed by atoms with E-state index >= 15 is 0 Å². The second kappa shape index (κ2) is 25.1. The number of nitrogens with zero attached hydrogens (tertiary/aromatic N) is 2. The number of aliphatic hydroxyl groups excluding tert-OH is 3. The normalized spacial score (nSPS) is 44.7. The van der Waals surface area contributed by atoms with Gasteiger partial charge in [-0.1, -0.05) is 27.2 Å². The zero-order valence-corrected chi connectivity index (χ0v) is 45.1. The van der Waals surface area contributed by atoms with Crippen molar-refractivity contribution in [2.45, 2.75) is 235 Å². The molecule has 0 aliphatic carbocycles. The lowest BCUT2D eigenvalue weighted by Crippen LogP contribution is -2.60. The fraction of sp³-hybridized carbons (Fsp3) is 0.940. The first kappa shape index (κ1) is 59.0. The van der Waals surface area contributed by atoms with Crippen LogP contribution in [-0.4, -0.2) is 207 Å². The van der Waals surface area contributed by atoms with Crippen molar-refractivity contribution in [1.29, 1.82) is 0 Å². The number of hydrogen-bond acceptors (Lipinski definition) is 17. The summed E-state index contributed by atoms with van der Waals surface area (Å²) in [5.41, 5.74) is -4.63. The summed E-state index contributed by atoms with van der Waals surface area (Å²) in [6.07, 6.45) is -5.58. The minimum absolute atomic E-state index is 0.0530. The Morgan fingerprint density at radius 1 is 0.957 bits per heavy atom. The summed E-state index contributed by atoms with van der Waals surface area (Å²) in [5, 5.41) is 69.4.